The van der Waals surface area contributed by atoms with E-state index in [4.69, 9.17) is 4.74 Å². The molecular formula is C18H18FNO3S. The molecular weight excluding hydrogens is 329 g/mol. The van der Waals surface area contributed by atoms with Crippen LogP contribution in [-0.4, -0.2) is 18.5 Å². The Balaban J connectivity index is 1.75. The van der Waals surface area contributed by atoms with Gasteiger partial charge in [-0.05, 0) is 54.3 Å². The van der Waals surface area contributed by atoms with Gasteiger partial charge < -0.3 is 10.1 Å². The van der Waals surface area contributed by atoms with Crippen LogP contribution in [0.1, 0.15) is 47.2 Å². The Labute approximate surface area is 143 Å². The summed E-state index contributed by atoms with van der Waals surface area (Å²) in [6.45, 7) is 2.05. The van der Waals surface area contributed by atoms with Crippen molar-refractivity contribution in [3.05, 3.63) is 52.2 Å². The smallest absolute Gasteiger partial charge is 0.341 e. The molecule has 1 aliphatic carbocycles. The number of rotatable bonds is 6. The minimum absolute atomic E-state index is 0.124. The molecule has 24 heavy (non-hydrogen) atoms. The molecule has 1 N–H and O–H groups in total. The van der Waals surface area contributed by atoms with Crippen LogP contribution in [0.25, 0.3) is 0 Å². The molecule has 0 atom stereocenters. The highest BCUT2D eigenvalue weighted by atomic mass is 32.1. The number of thiophene rings is 1. The van der Waals surface area contributed by atoms with E-state index in [1.807, 2.05) is 5.38 Å². The van der Waals surface area contributed by atoms with Crippen molar-refractivity contribution in [2.24, 2.45) is 0 Å². The molecule has 6 heteroatoms. The predicted molar refractivity (Wildman–Crippen MR) is 91.0 cm³/mol. The Hall–Kier alpha value is -2.21. The van der Waals surface area contributed by atoms with Gasteiger partial charge >= 0.3 is 5.97 Å². The van der Waals surface area contributed by atoms with E-state index in [9.17, 15) is 14.0 Å². The summed E-state index contributed by atoms with van der Waals surface area (Å²) in [6, 6.07) is 5.79. The number of ether oxygens (including phenoxy) is 1. The monoisotopic (exact) mass is 347 g/mol. The Morgan fingerprint density at radius 1 is 1.29 bits per heavy atom. The van der Waals surface area contributed by atoms with Crippen molar-refractivity contribution < 1.29 is 18.7 Å². The van der Waals surface area contributed by atoms with Gasteiger partial charge in [-0.3, -0.25) is 4.79 Å². The molecule has 2 aromatic rings. The van der Waals surface area contributed by atoms with Crippen molar-refractivity contribution in [2.75, 3.05) is 11.9 Å². The SMILES string of the molecule is CCOC(=O)c1c(C2CC2)csc1NC(=O)Cc1ccc(F)cc1. The Bertz CT molecular complexity index is 750. The molecule has 1 amide bonds. The molecule has 1 saturated carbocycles. The summed E-state index contributed by atoms with van der Waals surface area (Å²) in [5.41, 5.74) is 2.16. The number of anilines is 1. The van der Waals surface area contributed by atoms with Crippen molar-refractivity contribution in [2.45, 2.75) is 32.1 Å². The molecule has 1 aliphatic rings. The summed E-state index contributed by atoms with van der Waals surface area (Å²) in [7, 11) is 0. The minimum atomic E-state index is -0.391. The van der Waals surface area contributed by atoms with E-state index in [1.54, 1.807) is 19.1 Å². The molecule has 0 saturated heterocycles. The van der Waals surface area contributed by atoms with Gasteiger partial charge in [-0.2, -0.15) is 0 Å². The number of carbonyl (C=O) groups is 2. The van der Waals surface area contributed by atoms with Gasteiger partial charge in [0, 0.05) is 0 Å². The highest BCUT2D eigenvalue weighted by Gasteiger charge is 2.32. The second-order valence-electron chi connectivity index (χ2n) is 5.74. The van der Waals surface area contributed by atoms with Crippen LogP contribution in [0.3, 0.4) is 0 Å². The second-order valence-corrected chi connectivity index (χ2v) is 6.62. The normalized spacial score (nSPS) is 13.6. The fraction of sp³-hybridized carbons (Fsp3) is 0.333. The van der Waals surface area contributed by atoms with E-state index in [2.05, 4.69) is 5.32 Å². The van der Waals surface area contributed by atoms with Gasteiger partial charge in [0.15, 0.2) is 0 Å². The molecule has 1 aromatic heterocycles. The lowest BCUT2D eigenvalue weighted by molar-refractivity contribution is -0.115. The first-order valence-corrected chi connectivity index (χ1v) is 8.79. The second kappa shape index (κ2) is 7.13. The van der Waals surface area contributed by atoms with Crippen LogP contribution in [0.15, 0.2) is 29.6 Å². The summed E-state index contributed by atoms with van der Waals surface area (Å²) in [5.74, 6) is -0.575. The predicted octanol–water partition coefficient (Wildman–Crippen LogP) is 4.12. The molecule has 0 unspecified atom stereocenters. The van der Waals surface area contributed by atoms with E-state index in [-0.39, 0.29) is 18.1 Å². The Morgan fingerprint density at radius 2 is 2.00 bits per heavy atom. The first-order chi connectivity index (χ1) is 11.6. The van der Waals surface area contributed by atoms with Crippen LogP contribution in [0.2, 0.25) is 0 Å². The van der Waals surface area contributed by atoms with Crippen LogP contribution in [-0.2, 0) is 16.0 Å². The summed E-state index contributed by atoms with van der Waals surface area (Å²) in [5, 5.41) is 5.26. The maximum absolute atomic E-state index is 12.9. The number of halogens is 1. The number of amides is 1. The first kappa shape index (κ1) is 16.6. The van der Waals surface area contributed by atoms with E-state index < -0.39 is 5.97 Å². The van der Waals surface area contributed by atoms with Gasteiger partial charge in [0.05, 0.1) is 18.6 Å². The Morgan fingerprint density at radius 3 is 2.62 bits per heavy atom. The van der Waals surface area contributed by atoms with Crippen LogP contribution in [0.5, 0.6) is 0 Å². The van der Waals surface area contributed by atoms with Gasteiger partial charge in [-0.15, -0.1) is 11.3 Å². The third-order valence-electron chi connectivity index (χ3n) is 3.85. The Kier molecular flexibility index (Phi) is 4.94. The first-order valence-electron chi connectivity index (χ1n) is 7.91. The molecule has 0 aliphatic heterocycles. The third-order valence-corrected chi connectivity index (χ3v) is 4.76. The van der Waals surface area contributed by atoms with E-state index in [1.165, 1.54) is 23.5 Å². The number of hydrogen-bond donors (Lipinski definition) is 1. The molecule has 0 spiro atoms. The third kappa shape index (κ3) is 3.82. The lowest BCUT2D eigenvalue weighted by Crippen LogP contribution is -2.16. The highest BCUT2D eigenvalue weighted by Crippen LogP contribution is 2.46. The largest absolute Gasteiger partial charge is 0.462 e. The van der Waals surface area contributed by atoms with Crippen molar-refractivity contribution in [3.8, 4) is 0 Å². The molecule has 1 heterocycles. The molecule has 126 valence electrons. The van der Waals surface area contributed by atoms with E-state index in [0.717, 1.165) is 18.4 Å². The fourth-order valence-corrected chi connectivity index (χ4v) is 3.58. The summed E-state index contributed by atoms with van der Waals surface area (Å²) >= 11 is 1.35. The zero-order chi connectivity index (χ0) is 17.1. The maximum atomic E-state index is 12.9. The summed E-state index contributed by atoms with van der Waals surface area (Å²) in [6.07, 6.45) is 2.25. The lowest BCUT2D eigenvalue weighted by atomic mass is 10.1. The molecule has 0 radical (unpaired) electrons. The maximum Gasteiger partial charge on any atom is 0.341 e. The standard InChI is InChI=1S/C18H18FNO3S/c1-2-23-18(22)16-14(12-5-6-12)10-24-17(16)20-15(21)9-11-3-7-13(19)8-4-11/h3-4,7-8,10,12H,2,5-6,9H2,1H3,(H,20,21). The van der Waals surface area contributed by atoms with Gasteiger partial charge in [0.1, 0.15) is 10.8 Å². The summed E-state index contributed by atoms with van der Waals surface area (Å²) in [4.78, 5) is 24.5. The highest BCUT2D eigenvalue weighted by molar-refractivity contribution is 7.15. The van der Waals surface area contributed by atoms with Crippen molar-refractivity contribution in [1.29, 1.82) is 0 Å². The molecule has 1 fully saturated rings. The van der Waals surface area contributed by atoms with Crippen LogP contribution in [0.4, 0.5) is 9.39 Å². The van der Waals surface area contributed by atoms with E-state index in [0.29, 0.717) is 28.7 Å². The average Bonchev–Trinajstić information content (AvgIpc) is 3.31. The van der Waals surface area contributed by atoms with Gasteiger partial charge in [0.2, 0.25) is 5.91 Å². The van der Waals surface area contributed by atoms with Gasteiger partial charge in [0.25, 0.3) is 0 Å². The fourth-order valence-electron chi connectivity index (χ4n) is 2.53. The van der Waals surface area contributed by atoms with Gasteiger partial charge in [-0.25, -0.2) is 9.18 Å². The number of hydrogen-bond acceptors (Lipinski definition) is 4. The summed E-state index contributed by atoms with van der Waals surface area (Å²) < 4.78 is 18.1. The number of benzene rings is 1. The van der Waals surface area contributed by atoms with Crippen LogP contribution in [0, 0.1) is 5.82 Å². The molecule has 0 bridgehead atoms. The number of esters is 1. The van der Waals surface area contributed by atoms with Crippen molar-refractivity contribution in [1.82, 2.24) is 0 Å². The van der Waals surface area contributed by atoms with Crippen LogP contribution < -0.4 is 5.32 Å². The van der Waals surface area contributed by atoms with E-state index >= 15 is 0 Å². The van der Waals surface area contributed by atoms with Crippen molar-refractivity contribution >= 4 is 28.2 Å². The quantitative estimate of drug-likeness (QED) is 0.800. The van der Waals surface area contributed by atoms with Gasteiger partial charge in [-0.1, -0.05) is 12.1 Å². The van der Waals surface area contributed by atoms with Crippen LogP contribution >= 0.6 is 11.3 Å². The zero-order valence-corrected chi connectivity index (χ0v) is 14.1. The topological polar surface area (TPSA) is 55.4 Å². The zero-order valence-electron chi connectivity index (χ0n) is 13.3. The number of carbonyl (C=O) groups excluding carboxylic acids is 2. The minimum Gasteiger partial charge on any atom is -0.462 e. The average molecular weight is 347 g/mol. The lowest BCUT2D eigenvalue weighted by Gasteiger charge is -2.08. The number of nitrogens with one attached hydrogen (secondary N) is 1. The molecule has 1 aromatic carbocycles. The molecule has 3 rings (SSSR count). The molecule has 4 nitrogen and oxygen atoms in total. The van der Waals surface area contributed by atoms with Crippen molar-refractivity contribution in [3.63, 3.8) is 0 Å².